The molecule has 0 atom stereocenters. The van der Waals surface area contributed by atoms with Gasteiger partial charge in [0.05, 0.1) is 14.2 Å². The van der Waals surface area contributed by atoms with Crippen LogP contribution in [0.2, 0.25) is 0 Å². The number of methoxy groups -OCH3 is 2. The molecule has 1 aliphatic carbocycles. The Morgan fingerprint density at radius 1 is 0.929 bits per heavy atom. The van der Waals surface area contributed by atoms with Crippen LogP contribution in [0.5, 0.6) is 11.5 Å². The average molecular weight is 354 g/mol. The predicted octanol–water partition coefficient (Wildman–Crippen LogP) is 2.28. The molecule has 0 saturated carbocycles. The Bertz CT molecular complexity index is 359. The second-order valence-corrected chi connectivity index (χ2v) is 2.82. The smallest absolute Gasteiger partial charge is 0.126 e. The van der Waals surface area contributed by atoms with Crippen LogP contribution in [-0.2, 0) is 25.8 Å². The fraction of sp³-hybridized carbons (Fsp3) is 0.182. The molecule has 0 saturated heterocycles. The van der Waals surface area contributed by atoms with Crippen molar-refractivity contribution >= 4 is 6.08 Å². The summed E-state index contributed by atoms with van der Waals surface area (Å²) in [6.07, 6.45) is 6.04. The van der Waals surface area contributed by atoms with Crippen LogP contribution in [0, 0.1) is 6.42 Å². The summed E-state index contributed by atoms with van der Waals surface area (Å²) < 4.78 is 10.5. The van der Waals surface area contributed by atoms with Gasteiger partial charge >= 0.3 is 0 Å². The zero-order chi connectivity index (χ0) is 9.26. The molecule has 2 rings (SSSR count). The fourth-order valence-corrected chi connectivity index (χ4v) is 1.54. The van der Waals surface area contributed by atoms with Crippen LogP contribution in [0.25, 0.3) is 6.08 Å². The van der Waals surface area contributed by atoms with Gasteiger partial charge in [0, 0.05) is 43.4 Å². The fourth-order valence-electron chi connectivity index (χ4n) is 1.54. The van der Waals surface area contributed by atoms with Crippen LogP contribution in [0.3, 0.4) is 0 Å². The molecule has 1 aliphatic rings. The minimum atomic E-state index is 0. The molecule has 0 N–H and O–H groups in total. The van der Waals surface area contributed by atoms with E-state index >= 15 is 0 Å². The maximum absolute atomic E-state index is 5.23. The number of benzene rings is 1. The SMILES string of the molecule is COc1ccc(OC)c2c1[CH]C=C2.[Hf]. The first kappa shape index (κ1) is 11.5. The molecular formula is C11H11HfO2. The molecule has 14 heavy (non-hydrogen) atoms. The average Bonchev–Trinajstić information content (AvgIpc) is 2.64. The van der Waals surface area contributed by atoms with Crippen LogP contribution in [0.15, 0.2) is 18.2 Å². The third-order valence-corrected chi connectivity index (χ3v) is 2.17. The number of allylic oxidation sites excluding steroid dienone is 1. The Morgan fingerprint density at radius 3 is 2.07 bits per heavy atom. The third kappa shape index (κ3) is 1.78. The summed E-state index contributed by atoms with van der Waals surface area (Å²) in [6.45, 7) is 0. The van der Waals surface area contributed by atoms with Crippen molar-refractivity contribution in [3.05, 3.63) is 35.8 Å². The maximum atomic E-state index is 5.23. The molecule has 0 heterocycles. The molecular weight excluding hydrogens is 343 g/mol. The molecule has 0 bridgehead atoms. The van der Waals surface area contributed by atoms with Crippen molar-refractivity contribution < 1.29 is 35.3 Å². The summed E-state index contributed by atoms with van der Waals surface area (Å²) in [5.74, 6) is 1.78. The maximum Gasteiger partial charge on any atom is 0.126 e. The van der Waals surface area contributed by atoms with Gasteiger partial charge in [0.2, 0.25) is 0 Å². The number of hydrogen-bond acceptors (Lipinski definition) is 2. The van der Waals surface area contributed by atoms with Crippen molar-refractivity contribution in [1.82, 2.24) is 0 Å². The van der Waals surface area contributed by atoms with Crippen LogP contribution in [-0.4, -0.2) is 14.2 Å². The Labute approximate surface area is 103 Å². The Balaban J connectivity index is 0.000000980. The minimum absolute atomic E-state index is 0. The molecule has 3 heteroatoms. The molecule has 71 valence electrons. The van der Waals surface area contributed by atoms with E-state index in [4.69, 9.17) is 9.47 Å². The first-order valence-electron chi connectivity index (χ1n) is 4.13. The van der Waals surface area contributed by atoms with Crippen LogP contribution >= 0.6 is 0 Å². The van der Waals surface area contributed by atoms with E-state index in [-0.39, 0.29) is 25.8 Å². The molecule has 2 nitrogen and oxygen atoms in total. The molecule has 0 unspecified atom stereocenters. The Hall–Kier alpha value is -0.570. The van der Waals surface area contributed by atoms with E-state index in [1.165, 1.54) is 0 Å². The topological polar surface area (TPSA) is 18.5 Å². The van der Waals surface area contributed by atoms with Gasteiger partial charge in [0.25, 0.3) is 0 Å². The number of ether oxygens (including phenoxy) is 2. The zero-order valence-corrected chi connectivity index (χ0v) is 11.8. The number of rotatable bonds is 2. The summed E-state index contributed by atoms with van der Waals surface area (Å²) in [5, 5.41) is 0. The van der Waals surface area contributed by atoms with Crippen LogP contribution in [0.4, 0.5) is 0 Å². The van der Waals surface area contributed by atoms with E-state index in [9.17, 15) is 0 Å². The summed E-state index contributed by atoms with van der Waals surface area (Å²) in [4.78, 5) is 0. The molecule has 1 aromatic rings. The van der Waals surface area contributed by atoms with Gasteiger partial charge in [-0.3, -0.25) is 0 Å². The molecule has 0 amide bonds. The second kappa shape index (κ2) is 4.78. The van der Waals surface area contributed by atoms with Crippen LogP contribution in [0.1, 0.15) is 11.1 Å². The van der Waals surface area contributed by atoms with Crippen molar-refractivity contribution in [3.63, 3.8) is 0 Å². The van der Waals surface area contributed by atoms with Crippen LogP contribution < -0.4 is 9.47 Å². The predicted molar refractivity (Wildman–Crippen MR) is 52.0 cm³/mol. The monoisotopic (exact) mass is 355 g/mol. The van der Waals surface area contributed by atoms with Crippen molar-refractivity contribution in [2.75, 3.05) is 14.2 Å². The number of fused-ring (bicyclic) bond motifs is 1. The first-order chi connectivity index (χ1) is 6.36. The van der Waals surface area contributed by atoms with Gasteiger partial charge in [-0.2, -0.15) is 0 Å². The molecule has 1 radical (unpaired) electrons. The second-order valence-electron chi connectivity index (χ2n) is 2.82. The molecule has 0 spiro atoms. The van der Waals surface area contributed by atoms with E-state index in [1.54, 1.807) is 14.2 Å². The van der Waals surface area contributed by atoms with E-state index in [2.05, 4.69) is 0 Å². The quantitative estimate of drug-likeness (QED) is 0.760. The van der Waals surface area contributed by atoms with Crippen molar-refractivity contribution in [1.29, 1.82) is 0 Å². The van der Waals surface area contributed by atoms with Crippen molar-refractivity contribution in [3.8, 4) is 11.5 Å². The van der Waals surface area contributed by atoms with E-state index < -0.39 is 0 Å². The molecule has 0 aliphatic heterocycles. The normalized spacial score (nSPS) is 11.9. The van der Waals surface area contributed by atoms with Crippen molar-refractivity contribution in [2.24, 2.45) is 0 Å². The standard InChI is InChI=1S/C11H11O2.Hf/c1-12-10-6-7-11(13-2)9-5-3-4-8(9)10;/h3-7H,1-2H3;. The first-order valence-corrected chi connectivity index (χ1v) is 4.13. The van der Waals surface area contributed by atoms with E-state index in [0.29, 0.717) is 0 Å². The molecule has 0 aromatic heterocycles. The Kier molecular flexibility index (Phi) is 3.93. The summed E-state index contributed by atoms with van der Waals surface area (Å²) in [5.41, 5.74) is 2.20. The molecule has 1 aromatic carbocycles. The van der Waals surface area contributed by atoms with Gasteiger partial charge < -0.3 is 9.47 Å². The summed E-state index contributed by atoms with van der Waals surface area (Å²) >= 11 is 0. The largest absolute Gasteiger partial charge is 0.496 e. The summed E-state index contributed by atoms with van der Waals surface area (Å²) in [7, 11) is 3.35. The minimum Gasteiger partial charge on any atom is -0.496 e. The van der Waals surface area contributed by atoms with Gasteiger partial charge in [0.15, 0.2) is 0 Å². The van der Waals surface area contributed by atoms with Gasteiger partial charge in [0.1, 0.15) is 11.5 Å². The van der Waals surface area contributed by atoms with Gasteiger partial charge in [-0.05, 0) is 12.1 Å². The third-order valence-electron chi connectivity index (χ3n) is 2.17. The van der Waals surface area contributed by atoms with E-state index in [0.717, 1.165) is 22.6 Å². The summed E-state index contributed by atoms with van der Waals surface area (Å²) in [6, 6.07) is 3.84. The Morgan fingerprint density at radius 2 is 1.50 bits per heavy atom. The van der Waals surface area contributed by atoms with Gasteiger partial charge in [-0.15, -0.1) is 0 Å². The van der Waals surface area contributed by atoms with Gasteiger partial charge in [-0.25, -0.2) is 0 Å². The van der Waals surface area contributed by atoms with Gasteiger partial charge in [-0.1, -0.05) is 12.2 Å². The number of hydrogen-bond donors (Lipinski definition) is 0. The molecule has 0 fully saturated rings. The zero-order valence-electron chi connectivity index (χ0n) is 8.20. The van der Waals surface area contributed by atoms with E-state index in [1.807, 2.05) is 30.7 Å². The van der Waals surface area contributed by atoms with Crippen molar-refractivity contribution in [2.45, 2.75) is 0 Å².